The molecular formula is C26H34FNO4Si. The molecule has 7 heteroatoms. The van der Waals surface area contributed by atoms with Gasteiger partial charge in [-0.25, -0.2) is 14.1 Å². The molecule has 0 aliphatic carbocycles. The van der Waals surface area contributed by atoms with Crippen LogP contribution in [0.5, 0.6) is 0 Å². The van der Waals surface area contributed by atoms with Crippen LogP contribution in [-0.4, -0.2) is 31.8 Å². The summed E-state index contributed by atoms with van der Waals surface area (Å²) < 4.78 is 25.3. The molecule has 0 saturated carbocycles. The highest BCUT2D eigenvalue weighted by molar-refractivity contribution is 6.74. The fraction of sp³-hybridized carbons (Fsp3) is 0.462. The van der Waals surface area contributed by atoms with Gasteiger partial charge in [-0.15, -0.1) is 0 Å². The minimum atomic E-state index is -2.10. The summed E-state index contributed by atoms with van der Waals surface area (Å²) in [5.41, 5.74) is 1.78. The fourth-order valence-electron chi connectivity index (χ4n) is 3.68. The average Bonchev–Trinajstić information content (AvgIpc) is 3.15. The highest BCUT2D eigenvalue weighted by Gasteiger charge is 2.40. The van der Waals surface area contributed by atoms with Gasteiger partial charge in [0.05, 0.1) is 6.10 Å². The third kappa shape index (κ3) is 6.09. The first kappa shape index (κ1) is 25.1. The van der Waals surface area contributed by atoms with Crippen molar-refractivity contribution in [2.75, 3.05) is 6.61 Å². The lowest BCUT2D eigenvalue weighted by molar-refractivity contribution is -0.129. The minimum Gasteiger partial charge on any atom is -0.446 e. The van der Waals surface area contributed by atoms with E-state index in [0.717, 1.165) is 11.1 Å². The van der Waals surface area contributed by atoms with Crippen LogP contribution in [-0.2, 0) is 14.0 Å². The lowest BCUT2D eigenvalue weighted by Crippen LogP contribution is -2.42. The van der Waals surface area contributed by atoms with E-state index in [1.54, 1.807) is 12.1 Å². The number of hydrogen-bond acceptors (Lipinski definition) is 4. The Morgan fingerprint density at radius 1 is 1.15 bits per heavy atom. The second kappa shape index (κ2) is 10.2. The maximum atomic E-state index is 13.5. The average molecular weight is 472 g/mol. The number of halogens is 1. The van der Waals surface area contributed by atoms with Crippen molar-refractivity contribution in [1.29, 1.82) is 0 Å². The molecule has 0 spiro atoms. The predicted octanol–water partition coefficient (Wildman–Crippen LogP) is 6.78. The Hall–Kier alpha value is -2.51. The molecule has 2 aromatic carbocycles. The Labute approximate surface area is 197 Å². The summed E-state index contributed by atoms with van der Waals surface area (Å²) in [5.74, 6) is -0.545. The van der Waals surface area contributed by atoms with E-state index in [9.17, 15) is 14.0 Å². The molecular weight excluding hydrogens is 437 g/mol. The van der Waals surface area contributed by atoms with Crippen LogP contribution in [0, 0.1) is 5.82 Å². The molecule has 1 fully saturated rings. The Bertz CT molecular complexity index is 957. The predicted molar refractivity (Wildman–Crippen MR) is 129 cm³/mol. The summed E-state index contributed by atoms with van der Waals surface area (Å²) >= 11 is 0. The molecule has 3 rings (SSSR count). The summed E-state index contributed by atoms with van der Waals surface area (Å²) in [5, 5.41) is 0.0172. The Morgan fingerprint density at radius 2 is 1.79 bits per heavy atom. The van der Waals surface area contributed by atoms with Gasteiger partial charge in [-0.05, 0) is 54.2 Å². The van der Waals surface area contributed by atoms with Gasteiger partial charge in [0.2, 0.25) is 5.91 Å². The molecule has 2 aromatic rings. The van der Waals surface area contributed by atoms with Crippen LogP contribution in [0.3, 0.4) is 0 Å². The number of amides is 2. The second-order valence-electron chi connectivity index (χ2n) is 10.1. The lowest BCUT2D eigenvalue weighted by Gasteiger charge is -2.39. The fourth-order valence-corrected chi connectivity index (χ4v) is 5.00. The highest BCUT2D eigenvalue weighted by atomic mass is 28.4. The second-order valence-corrected chi connectivity index (χ2v) is 14.8. The van der Waals surface area contributed by atoms with E-state index in [0.29, 0.717) is 12.8 Å². The molecule has 0 aromatic heterocycles. The molecule has 1 saturated heterocycles. The van der Waals surface area contributed by atoms with E-state index in [4.69, 9.17) is 9.16 Å². The van der Waals surface area contributed by atoms with Crippen LogP contribution in [0.4, 0.5) is 9.18 Å². The molecule has 1 heterocycles. The minimum absolute atomic E-state index is 0.0172. The summed E-state index contributed by atoms with van der Waals surface area (Å²) in [7, 11) is -2.10. The third-order valence-corrected chi connectivity index (χ3v) is 11.2. The molecule has 0 radical (unpaired) electrons. The SMILES string of the molecule is CC(C)(C)[Si](C)(C)OC(CCCC(=O)N1C(=O)OCC1c1ccccc1)c1ccc(F)cc1. The summed E-state index contributed by atoms with van der Waals surface area (Å²) in [6, 6.07) is 15.4. The van der Waals surface area contributed by atoms with Crippen LogP contribution >= 0.6 is 0 Å². The molecule has 2 amide bonds. The molecule has 1 aliphatic rings. The third-order valence-electron chi connectivity index (χ3n) is 6.67. The largest absolute Gasteiger partial charge is 0.446 e. The van der Waals surface area contributed by atoms with Gasteiger partial charge in [-0.2, -0.15) is 0 Å². The highest BCUT2D eigenvalue weighted by Crippen LogP contribution is 2.41. The number of nitrogens with zero attached hydrogens (tertiary/aromatic N) is 1. The van der Waals surface area contributed by atoms with Gasteiger partial charge < -0.3 is 9.16 Å². The van der Waals surface area contributed by atoms with Crippen molar-refractivity contribution in [2.45, 2.75) is 70.3 Å². The maximum Gasteiger partial charge on any atom is 0.417 e. The first-order valence-corrected chi connectivity index (χ1v) is 14.4. The monoisotopic (exact) mass is 471 g/mol. The van der Waals surface area contributed by atoms with E-state index >= 15 is 0 Å². The van der Waals surface area contributed by atoms with E-state index in [1.165, 1.54) is 17.0 Å². The van der Waals surface area contributed by atoms with Gasteiger partial charge in [-0.1, -0.05) is 63.2 Å². The Morgan fingerprint density at radius 3 is 2.39 bits per heavy atom. The number of cyclic esters (lactones) is 1. The zero-order valence-corrected chi connectivity index (χ0v) is 21.1. The quantitative estimate of drug-likeness (QED) is 0.398. The van der Waals surface area contributed by atoms with Gasteiger partial charge in [0, 0.05) is 6.42 Å². The standard InChI is InChI=1S/C26H34FNO4Si/c1-26(2,3)33(4,5)32-23(20-14-16-21(27)17-15-20)12-9-13-24(29)28-22(18-31-25(28)30)19-10-7-6-8-11-19/h6-8,10-11,14-17,22-23H,9,12-13,18H2,1-5H3. The van der Waals surface area contributed by atoms with E-state index in [-0.39, 0.29) is 35.9 Å². The van der Waals surface area contributed by atoms with Gasteiger partial charge in [0.15, 0.2) is 8.32 Å². The number of imide groups is 1. The lowest BCUT2D eigenvalue weighted by atomic mass is 10.0. The van der Waals surface area contributed by atoms with Crippen molar-refractivity contribution >= 4 is 20.3 Å². The van der Waals surface area contributed by atoms with Crippen molar-refractivity contribution < 1.29 is 23.1 Å². The van der Waals surface area contributed by atoms with Crippen molar-refractivity contribution in [3.8, 4) is 0 Å². The molecule has 0 bridgehead atoms. The van der Waals surface area contributed by atoms with Crippen molar-refractivity contribution in [1.82, 2.24) is 4.90 Å². The molecule has 33 heavy (non-hydrogen) atoms. The van der Waals surface area contributed by atoms with Crippen molar-refractivity contribution in [2.24, 2.45) is 0 Å². The van der Waals surface area contributed by atoms with E-state index < -0.39 is 20.5 Å². The molecule has 2 unspecified atom stereocenters. The summed E-state index contributed by atoms with van der Waals surface area (Å²) in [4.78, 5) is 26.5. The first-order chi connectivity index (χ1) is 15.5. The van der Waals surface area contributed by atoms with Gasteiger partial charge in [0.1, 0.15) is 18.5 Å². The van der Waals surface area contributed by atoms with Gasteiger partial charge in [-0.3, -0.25) is 4.79 Å². The molecule has 1 aliphatic heterocycles. The molecule has 0 N–H and O–H groups in total. The van der Waals surface area contributed by atoms with Gasteiger partial charge in [0.25, 0.3) is 0 Å². The Balaban J connectivity index is 1.69. The van der Waals surface area contributed by atoms with E-state index in [1.807, 2.05) is 30.3 Å². The number of ether oxygens (including phenoxy) is 1. The van der Waals surface area contributed by atoms with E-state index in [2.05, 4.69) is 33.9 Å². The molecule has 178 valence electrons. The maximum absolute atomic E-state index is 13.5. The zero-order valence-electron chi connectivity index (χ0n) is 20.1. The van der Waals surface area contributed by atoms with Crippen molar-refractivity contribution in [3.05, 3.63) is 71.5 Å². The van der Waals surface area contributed by atoms with Crippen LogP contribution in [0.25, 0.3) is 0 Å². The molecule has 5 nitrogen and oxygen atoms in total. The first-order valence-electron chi connectivity index (χ1n) is 11.5. The number of carbonyl (C=O) groups is 2. The van der Waals surface area contributed by atoms with Crippen molar-refractivity contribution in [3.63, 3.8) is 0 Å². The van der Waals surface area contributed by atoms with Gasteiger partial charge >= 0.3 is 6.09 Å². The smallest absolute Gasteiger partial charge is 0.417 e. The number of rotatable bonds is 8. The molecule has 2 atom stereocenters. The number of benzene rings is 2. The van der Waals surface area contributed by atoms with Crippen LogP contribution < -0.4 is 0 Å². The normalized spacial score (nSPS) is 17.7. The number of hydrogen-bond donors (Lipinski definition) is 0. The zero-order chi connectivity index (χ0) is 24.2. The summed E-state index contributed by atoms with van der Waals surface area (Å²) in [6.45, 7) is 11.0. The van der Waals surface area contributed by atoms with Crippen LogP contribution in [0.15, 0.2) is 54.6 Å². The van der Waals surface area contributed by atoms with Crippen LogP contribution in [0.2, 0.25) is 18.1 Å². The van der Waals surface area contributed by atoms with Crippen LogP contribution in [0.1, 0.15) is 63.3 Å². The summed E-state index contributed by atoms with van der Waals surface area (Å²) in [6.07, 6.45) is 0.511. The number of carbonyl (C=O) groups excluding carboxylic acids is 2. The topological polar surface area (TPSA) is 55.8 Å². The Kier molecular flexibility index (Phi) is 7.75.